The summed E-state index contributed by atoms with van der Waals surface area (Å²) in [5.74, 6) is -0.929. The Morgan fingerprint density at radius 3 is 2.40 bits per heavy atom. The van der Waals surface area contributed by atoms with Gasteiger partial charge in [-0.15, -0.1) is 0 Å². The third kappa shape index (κ3) is 6.62. The van der Waals surface area contributed by atoms with Crippen molar-refractivity contribution in [3.05, 3.63) is 41.8 Å². The number of piperidine rings is 1. The Balaban J connectivity index is 1.72. The SMILES string of the molecule is CC(OC(=O)N1CCC(C(CCN)n2cc(C(N)=O)c(Nc3ccc(F)cc3)n2)CC1)C(F)(F)F. The molecule has 5 N–H and O–H groups in total. The lowest BCUT2D eigenvalue weighted by Crippen LogP contribution is -2.43. The van der Waals surface area contributed by atoms with E-state index in [1.165, 1.54) is 35.4 Å². The number of benzene rings is 1. The smallest absolute Gasteiger partial charge is 0.425 e. The first-order chi connectivity index (χ1) is 16.5. The molecule has 2 heterocycles. The van der Waals surface area contributed by atoms with E-state index >= 15 is 0 Å². The second-order valence-electron chi connectivity index (χ2n) is 8.40. The van der Waals surface area contributed by atoms with Crippen LogP contribution in [0.5, 0.6) is 0 Å². The molecule has 3 rings (SSSR count). The monoisotopic (exact) mass is 500 g/mol. The number of nitrogens with zero attached hydrogens (tertiary/aromatic N) is 3. The molecule has 192 valence electrons. The lowest BCUT2D eigenvalue weighted by Gasteiger charge is -2.36. The van der Waals surface area contributed by atoms with E-state index in [2.05, 4.69) is 15.2 Å². The topological polar surface area (TPSA) is 128 Å². The zero-order valence-electron chi connectivity index (χ0n) is 19.1. The molecule has 1 aromatic carbocycles. The van der Waals surface area contributed by atoms with Crippen LogP contribution in [-0.4, -0.2) is 58.6 Å². The van der Waals surface area contributed by atoms with Crippen LogP contribution in [0.15, 0.2) is 30.5 Å². The Labute approximate surface area is 199 Å². The molecule has 1 aliphatic rings. The number of hydrogen-bond donors (Lipinski definition) is 3. The van der Waals surface area contributed by atoms with Crippen molar-refractivity contribution in [3.8, 4) is 0 Å². The summed E-state index contributed by atoms with van der Waals surface area (Å²) in [5.41, 5.74) is 12.0. The van der Waals surface area contributed by atoms with E-state index in [1.54, 1.807) is 4.68 Å². The molecule has 9 nitrogen and oxygen atoms in total. The summed E-state index contributed by atoms with van der Waals surface area (Å²) in [6.07, 6.45) is -4.85. The van der Waals surface area contributed by atoms with Gasteiger partial charge in [-0.1, -0.05) is 0 Å². The van der Waals surface area contributed by atoms with Gasteiger partial charge in [-0.25, -0.2) is 9.18 Å². The molecule has 0 bridgehead atoms. The largest absolute Gasteiger partial charge is 0.437 e. The predicted molar refractivity (Wildman–Crippen MR) is 119 cm³/mol. The summed E-state index contributed by atoms with van der Waals surface area (Å²) in [6.45, 7) is 1.52. The molecular formula is C22H28F4N6O3. The first-order valence-corrected chi connectivity index (χ1v) is 11.1. The molecule has 1 aromatic heterocycles. The number of aromatic nitrogens is 2. The number of nitrogens with two attached hydrogens (primary N) is 2. The van der Waals surface area contributed by atoms with Gasteiger partial charge in [0.05, 0.1) is 6.04 Å². The Bertz CT molecular complexity index is 1020. The molecule has 1 saturated heterocycles. The number of hydrogen-bond acceptors (Lipinski definition) is 6. The molecule has 2 aromatic rings. The molecule has 1 fully saturated rings. The standard InChI is InChI=1S/C22H28F4N6O3/c1-13(22(24,25)26)35-21(34)31-10-7-14(8-11-31)18(6-9-27)32-12-17(19(28)33)20(30-32)29-16-4-2-15(23)3-5-16/h2-5,12-14,18H,6-11,27H2,1H3,(H2,28,33)(H,29,30). The fraction of sp³-hybridized carbons (Fsp3) is 0.500. The van der Waals surface area contributed by atoms with Crippen molar-refractivity contribution in [3.63, 3.8) is 0 Å². The maximum Gasteiger partial charge on any atom is 0.425 e. The van der Waals surface area contributed by atoms with Crippen LogP contribution in [0.2, 0.25) is 0 Å². The minimum atomic E-state index is -4.63. The van der Waals surface area contributed by atoms with Crippen LogP contribution in [0.1, 0.15) is 42.6 Å². The summed E-state index contributed by atoms with van der Waals surface area (Å²) < 4.78 is 57.4. The average Bonchev–Trinajstić information content (AvgIpc) is 3.22. The van der Waals surface area contributed by atoms with Crippen molar-refractivity contribution in [2.75, 3.05) is 25.0 Å². The third-order valence-electron chi connectivity index (χ3n) is 5.99. The molecule has 0 spiro atoms. The van der Waals surface area contributed by atoms with Crippen molar-refractivity contribution < 1.29 is 31.9 Å². The minimum Gasteiger partial charge on any atom is -0.437 e. The van der Waals surface area contributed by atoms with Crippen LogP contribution in [0.25, 0.3) is 0 Å². The molecule has 2 amide bonds. The van der Waals surface area contributed by atoms with Gasteiger partial charge in [-0.05, 0) is 62.9 Å². The lowest BCUT2D eigenvalue weighted by molar-refractivity contribution is -0.199. The zero-order chi connectivity index (χ0) is 25.8. The highest BCUT2D eigenvalue weighted by atomic mass is 19.4. The van der Waals surface area contributed by atoms with Crippen LogP contribution in [0.4, 0.5) is 33.9 Å². The Kier molecular flexibility index (Phi) is 8.20. The summed E-state index contributed by atoms with van der Waals surface area (Å²) in [6, 6.07) is 5.26. The van der Waals surface area contributed by atoms with Crippen LogP contribution in [0, 0.1) is 11.7 Å². The Morgan fingerprint density at radius 1 is 1.23 bits per heavy atom. The van der Waals surface area contributed by atoms with Crippen molar-refractivity contribution in [2.45, 2.75) is 44.5 Å². The van der Waals surface area contributed by atoms with Gasteiger partial charge in [-0.2, -0.15) is 18.3 Å². The normalized spacial score (nSPS) is 16.6. The van der Waals surface area contributed by atoms with Gasteiger partial charge >= 0.3 is 12.3 Å². The molecule has 2 atom stereocenters. The summed E-state index contributed by atoms with van der Waals surface area (Å²) >= 11 is 0. The van der Waals surface area contributed by atoms with E-state index in [1.807, 2.05) is 0 Å². The first-order valence-electron chi connectivity index (χ1n) is 11.1. The van der Waals surface area contributed by atoms with Gasteiger partial charge in [0, 0.05) is 25.0 Å². The van der Waals surface area contributed by atoms with Crippen molar-refractivity contribution >= 4 is 23.5 Å². The van der Waals surface area contributed by atoms with Gasteiger partial charge in [0.15, 0.2) is 11.9 Å². The maximum atomic E-state index is 13.2. The van der Waals surface area contributed by atoms with Gasteiger partial charge in [0.25, 0.3) is 5.91 Å². The molecule has 0 aliphatic carbocycles. The first kappa shape index (κ1) is 26.3. The third-order valence-corrected chi connectivity index (χ3v) is 5.99. The summed E-state index contributed by atoms with van der Waals surface area (Å²) in [5, 5.41) is 7.45. The quantitative estimate of drug-likeness (QED) is 0.476. The number of amides is 2. The van der Waals surface area contributed by atoms with Gasteiger partial charge in [0.2, 0.25) is 0 Å². The second-order valence-corrected chi connectivity index (χ2v) is 8.40. The molecule has 2 unspecified atom stereocenters. The molecule has 35 heavy (non-hydrogen) atoms. The fourth-order valence-electron chi connectivity index (χ4n) is 4.02. The number of nitrogens with one attached hydrogen (secondary N) is 1. The van der Waals surface area contributed by atoms with Crippen molar-refractivity contribution in [1.82, 2.24) is 14.7 Å². The predicted octanol–water partition coefficient (Wildman–Crippen LogP) is 3.55. The highest BCUT2D eigenvalue weighted by Crippen LogP contribution is 2.33. The number of rotatable bonds is 8. The van der Waals surface area contributed by atoms with Crippen LogP contribution < -0.4 is 16.8 Å². The van der Waals surface area contributed by atoms with Crippen LogP contribution in [0.3, 0.4) is 0 Å². The van der Waals surface area contributed by atoms with E-state index in [9.17, 15) is 27.2 Å². The Morgan fingerprint density at radius 2 is 1.86 bits per heavy atom. The highest BCUT2D eigenvalue weighted by molar-refractivity contribution is 5.98. The van der Waals surface area contributed by atoms with E-state index in [0.29, 0.717) is 31.5 Å². The number of halogens is 4. The van der Waals surface area contributed by atoms with Crippen molar-refractivity contribution in [1.29, 1.82) is 0 Å². The van der Waals surface area contributed by atoms with E-state index in [-0.39, 0.29) is 36.4 Å². The lowest BCUT2D eigenvalue weighted by atomic mass is 9.87. The number of carbonyl (C=O) groups is 2. The number of ether oxygens (including phenoxy) is 1. The summed E-state index contributed by atoms with van der Waals surface area (Å²) in [4.78, 5) is 25.4. The van der Waals surface area contributed by atoms with Crippen LogP contribution in [-0.2, 0) is 4.74 Å². The van der Waals surface area contributed by atoms with Crippen LogP contribution >= 0.6 is 0 Å². The molecule has 0 radical (unpaired) electrons. The number of primary amides is 1. The fourth-order valence-corrected chi connectivity index (χ4v) is 4.02. The number of likely N-dealkylation sites (tertiary alicyclic amines) is 1. The van der Waals surface area contributed by atoms with E-state index in [0.717, 1.165) is 6.92 Å². The summed E-state index contributed by atoms with van der Waals surface area (Å²) in [7, 11) is 0. The number of alkyl halides is 3. The Hall–Kier alpha value is -3.35. The molecule has 13 heteroatoms. The van der Waals surface area contributed by atoms with Gasteiger partial charge < -0.3 is 26.4 Å². The maximum absolute atomic E-state index is 13.2. The van der Waals surface area contributed by atoms with E-state index in [4.69, 9.17) is 11.5 Å². The van der Waals surface area contributed by atoms with E-state index < -0.39 is 30.1 Å². The average molecular weight is 500 g/mol. The molecular weight excluding hydrogens is 472 g/mol. The van der Waals surface area contributed by atoms with Gasteiger partial charge in [0.1, 0.15) is 11.4 Å². The van der Waals surface area contributed by atoms with Crippen molar-refractivity contribution in [2.24, 2.45) is 17.4 Å². The number of anilines is 2. The highest BCUT2D eigenvalue weighted by Gasteiger charge is 2.40. The zero-order valence-corrected chi connectivity index (χ0v) is 19.1. The second kappa shape index (κ2) is 10.9. The van der Waals surface area contributed by atoms with Gasteiger partial charge in [-0.3, -0.25) is 9.48 Å². The minimum absolute atomic E-state index is 0.0121. The molecule has 0 saturated carbocycles. The molecule has 1 aliphatic heterocycles. The number of carbonyl (C=O) groups excluding carboxylic acids is 2.